The highest BCUT2D eigenvalue weighted by Gasteiger charge is 2.63. The summed E-state index contributed by atoms with van der Waals surface area (Å²) in [4.78, 5) is 13.1. The number of aliphatic hydroxyl groups is 3. The van der Waals surface area contributed by atoms with Gasteiger partial charge in [0, 0.05) is 12.0 Å². The van der Waals surface area contributed by atoms with Gasteiger partial charge < -0.3 is 30.1 Å². The zero-order chi connectivity index (χ0) is 18.3. The van der Waals surface area contributed by atoms with Gasteiger partial charge in [-0.2, -0.15) is 0 Å². The van der Waals surface area contributed by atoms with Crippen LogP contribution in [0.4, 0.5) is 5.82 Å². The monoisotopic (exact) mass is 375 g/mol. The highest BCUT2D eigenvalue weighted by Crippen LogP contribution is 2.56. The number of ether oxygens (including phenoxy) is 2. The minimum atomic E-state index is -1.18. The normalized spacial score (nSPS) is 44.8. The summed E-state index contributed by atoms with van der Waals surface area (Å²) in [7, 11) is 0. The lowest BCUT2D eigenvalue weighted by Gasteiger charge is -2.21. The van der Waals surface area contributed by atoms with Gasteiger partial charge in [0.15, 0.2) is 23.2 Å². The summed E-state index contributed by atoms with van der Waals surface area (Å²) in [6, 6.07) is 0.316. The second-order valence-electron chi connectivity index (χ2n) is 7.99. The number of imidazole rings is 1. The summed E-state index contributed by atoms with van der Waals surface area (Å²) >= 11 is 0. The van der Waals surface area contributed by atoms with Crippen molar-refractivity contribution in [2.45, 2.75) is 55.6 Å². The average Bonchev–Trinajstić information content (AvgIpc) is 2.95. The van der Waals surface area contributed by atoms with Crippen molar-refractivity contribution in [3.05, 3.63) is 12.7 Å². The second kappa shape index (κ2) is 5.58. The number of fused-ring (bicyclic) bond motifs is 6. The molecule has 2 aromatic rings. The maximum Gasteiger partial charge on any atom is 0.167 e. The minimum Gasteiger partial charge on any atom is -0.394 e. The lowest BCUT2D eigenvalue weighted by atomic mass is 9.95. The molecule has 10 heteroatoms. The number of hydrogen-bond acceptors (Lipinski definition) is 9. The third kappa shape index (κ3) is 2.21. The number of nitrogens with zero attached hydrogens (tertiary/aromatic N) is 4. The lowest BCUT2D eigenvalue weighted by Crippen LogP contribution is -2.33. The fourth-order valence-corrected chi connectivity index (χ4v) is 5.20. The zero-order valence-corrected chi connectivity index (χ0v) is 14.4. The van der Waals surface area contributed by atoms with E-state index in [4.69, 9.17) is 9.47 Å². The van der Waals surface area contributed by atoms with Crippen LogP contribution in [0.3, 0.4) is 0 Å². The molecule has 0 spiro atoms. The molecule has 4 heterocycles. The summed E-state index contributed by atoms with van der Waals surface area (Å²) in [5.41, 5.74) is 1.09. The summed E-state index contributed by atoms with van der Waals surface area (Å²) in [6.45, 7) is -0.377. The quantitative estimate of drug-likeness (QED) is 0.497. The first kappa shape index (κ1) is 16.1. The molecule has 27 heavy (non-hydrogen) atoms. The van der Waals surface area contributed by atoms with Crippen LogP contribution in [-0.2, 0) is 9.47 Å². The smallest absolute Gasteiger partial charge is 0.167 e. The van der Waals surface area contributed by atoms with Crippen molar-refractivity contribution in [2.24, 2.45) is 11.8 Å². The first-order chi connectivity index (χ1) is 13.2. The van der Waals surface area contributed by atoms with Crippen molar-refractivity contribution in [1.29, 1.82) is 0 Å². The van der Waals surface area contributed by atoms with Crippen molar-refractivity contribution in [2.75, 3.05) is 11.9 Å². The van der Waals surface area contributed by atoms with Crippen LogP contribution < -0.4 is 5.32 Å². The van der Waals surface area contributed by atoms with Gasteiger partial charge in [-0.1, -0.05) is 0 Å². The van der Waals surface area contributed by atoms with Gasteiger partial charge in [0.2, 0.25) is 0 Å². The molecule has 0 amide bonds. The van der Waals surface area contributed by atoms with Crippen molar-refractivity contribution in [3.63, 3.8) is 0 Å². The first-order valence-corrected chi connectivity index (χ1v) is 9.37. The Hall–Kier alpha value is -1.85. The standard InChI is InChI=1S/C17H21N5O5/c23-3-9-11(24)12(25)17(26-9)22-5-20-10-15(18-4-19-16(10)22)21-8-2-6-1-7(8)14-13(6)27-14/h4-9,11-14,17,23-25H,1-3H2,(H,18,19,21)/t6?,7?,8-,9+,11+,12+,13?,14?,17+/m0/s1. The van der Waals surface area contributed by atoms with Gasteiger partial charge in [0.05, 0.1) is 25.1 Å². The molecular weight excluding hydrogens is 354 g/mol. The third-order valence-electron chi connectivity index (χ3n) is 6.57. The van der Waals surface area contributed by atoms with Crippen LogP contribution in [0.15, 0.2) is 12.7 Å². The molecule has 10 nitrogen and oxygen atoms in total. The molecular formula is C17H21N5O5. The average molecular weight is 375 g/mol. The second-order valence-corrected chi connectivity index (χ2v) is 7.99. The van der Waals surface area contributed by atoms with Gasteiger partial charge in [-0.25, -0.2) is 15.0 Å². The summed E-state index contributed by atoms with van der Waals surface area (Å²) in [6.07, 6.45) is 2.07. The largest absolute Gasteiger partial charge is 0.394 e. The molecule has 4 N–H and O–H groups in total. The van der Waals surface area contributed by atoms with Crippen LogP contribution in [0, 0.1) is 11.8 Å². The molecule has 4 unspecified atom stereocenters. The Morgan fingerprint density at radius 1 is 1.11 bits per heavy atom. The molecule has 6 rings (SSSR count). The highest BCUT2D eigenvalue weighted by atomic mass is 16.6. The fraction of sp³-hybridized carbons (Fsp3) is 0.706. The maximum absolute atomic E-state index is 10.3. The summed E-state index contributed by atoms with van der Waals surface area (Å²) in [5, 5.41) is 33.1. The van der Waals surface area contributed by atoms with E-state index in [1.807, 2.05) is 0 Å². The Labute approximate surface area is 154 Å². The molecule has 2 aliphatic heterocycles. The van der Waals surface area contributed by atoms with Gasteiger partial charge in [-0.3, -0.25) is 4.57 Å². The summed E-state index contributed by atoms with van der Waals surface area (Å²) < 4.78 is 12.9. The maximum atomic E-state index is 10.3. The van der Waals surface area contributed by atoms with E-state index >= 15 is 0 Å². The van der Waals surface area contributed by atoms with Gasteiger partial charge in [0.25, 0.3) is 0 Å². The lowest BCUT2D eigenvalue weighted by molar-refractivity contribution is -0.0511. The Balaban J connectivity index is 1.30. The Morgan fingerprint density at radius 3 is 2.74 bits per heavy atom. The van der Waals surface area contributed by atoms with Gasteiger partial charge in [0.1, 0.15) is 24.6 Å². The van der Waals surface area contributed by atoms with Crippen LogP contribution >= 0.6 is 0 Å². The van der Waals surface area contributed by atoms with Crippen LogP contribution in [0.1, 0.15) is 19.1 Å². The van der Waals surface area contributed by atoms with E-state index in [0.29, 0.717) is 47.1 Å². The van der Waals surface area contributed by atoms with E-state index in [9.17, 15) is 15.3 Å². The minimum absolute atomic E-state index is 0.316. The zero-order valence-electron chi connectivity index (χ0n) is 14.4. The topological polar surface area (TPSA) is 138 Å². The molecule has 2 bridgehead atoms. The van der Waals surface area contributed by atoms with Crippen LogP contribution in [0.2, 0.25) is 0 Å². The third-order valence-corrected chi connectivity index (χ3v) is 6.57. The van der Waals surface area contributed by atoms with Crippen molar-refractivity contribution >= 4 is 17.0 Å². The van der Waals surface area contributed by atoms with Gasteiger partial charge in [-0.05, 0) is 18.8 Å². The van der Waals surface area contributed by atoms with Crippen LogP contribution in [0.25, 0.3) is 11.2 Å². The molecule has 0 aromatic carbocycles. The Bertz CT molecular complexity index is 892. The van der Waals surface area contributed by atoms with E-state index in [1.54, 1.807) is 4.57 Å². The Kier molecular flexibility index (Phi) is 3.34. The number of rotatable bonds is 4. The molecule has 4 fully saturated rings. The van der Waals surface area contributed by atoms with Gasteiger partial charge in [-0.15, -0.1) is 0 Å². The Morgan fingerprint density at radius 2 is 2.00 bits per heavy atom. The van der Waals surface area contributed by atoms with E-state index < -0.39 is 24.5 Å². The van der Waals surface area contributed by atoms with E-state index in [1.165, 1.54) is 19.1 Å². The van der Waals surface area contributed by atoms with Crippen molar-refractivity contribution in [3.8, 4) is 0 Å². The van der Waals surface area contributed by atoms with E-state index in [-0.39, 0.29) is 6.61 Å². The highest BCUT2D eigenvalue weighted by molar-refractivity contribution is 5.83. The number of anilines is 1. The fourth-order valence-electron chi connectivity index (χ4n) is 5.20. The first-order valence-electron chi connectivity index (χ1n) is 9.37. The molecule has 2 aromatic heterocycles. The molecule has 0 radical (unpaired) electrons. The predicted molar refractivity (Wildman–Crippen MR) is 90.6 cm³/mol. The molecule has 2 saturated heterocycles. The van der Waals surface area contributed by atoms with E-state index in [2.05, 4.69) is 20.3 Å². The molecule has 2 aliphatic carbocycles. The van der Waals surface area contributed by atoms with Crippen LogP contribution in [-0.4, -0.2) is 78.0 Å². The molecule has 9 atom stereocenters. The number of nitrogens with one attached hydrogen (secondary N) is 1. The molecule has 4 aliphatic rings. The van der Waals surface area contributed by atoms with Crippen molar-refractivity contribution < 1.29 is 24.8 Å². The number of aliphatic hydroxyl groups excluding tert-OH is 3. The number of aromatic nitrogens is 4. The van der Waals surface area contributed by atoms with Gasteiger partial charge >= 0.3 is 0 Å². The van der Waals surface area contributed by atoms with E-state index in [0.717, 1.165) is 6.42 Å². The predicted octanol–water partition coefficient (Wildman–Crippen LogP) is -0.974. The molecule has 2 saturated carbocycles. The van der Waals surface area contributed by atoms with Crippen LogP contribution in [0.5, 0.6) is 0 Å². The molecule has 144 valence electrons. The number of epoxide rings is 1. The number of hydrogen-bond donors (Lipinski definition) is 4. The summed E-state index contributed by atoms with van der Waals surface area (Å²) in [5.74, 6) is 1.82. The van der Waals surface area contributed by atoms with Crippen molar-refractivity contribution in [1.82, 2.24) is 19.5 Å². The SMILES string of the molecule is OC[C@H]1O[C@@H](n2cnc3c(N[C@H]4CC5CC4C4OC54)ncnc32)[C@H](O)[C@@H]1O.